The van der Waals surface area contributed by atoms with E-state index in [1.807, 2.05) is 27.8 Å². The first kappa shape index (κ1) is 21.0. The normalized spacial score (nSPS) is 17.5. The highest BCUT2D eigenvalue weighted by atomic mass is 16.5. The van der Waals surface area contributed by atoms with Gasteiger partial charge in [0.05, 0.1) is 23.6 Å². The molecule has 2 amide bonds. The van der Waals surface area contributed by atoms with Crippen LogP contribution in [0.1, 0.15) is 54.5 Å². The van der Waals surface area contributed by atoms with Crippen LogP contribution < -0.4 is 10.6 Å². The first-order chi connectivity index (χ1) is 13.8. The predicted octanol–water partition coefficient (Wildman–Crippen LogP) is 1.92. The Labute approximate surface area is 170 Å². The lowest BCUT2D eigenvalue weighted by Gasteiger charge is -2.32. The molecule has 0 radical (unpaired) electrons. The Hall–Kier alpha value is -2.68. The number of rotatable bonds is 7. The number of anilines is 1. The molecule has 3 heterocycles. The van der Waals surface area contributed by atoms with E-state index in [-0.39, 0.29) is 23.5 Å². The third kappa shape index (κ3) is 5.66. The van der Waals surface area contributed by atoms with Crippen LogP contribution in [0.3, 0.4) is 0 Å². The molecule has 1 aliphatic heterocycles. The lowest BCUT2D eigenvalue weighted by Crippen LogP contribution is -2.43. The SMILES string of the molecule is Cc1nn(C)cc1NC(=O)CN1CCCC(CNC(=O)c2cc(C(C)C)no2)C1. The van der Waals surface area contributed by atoms with E-state index in [0.29, 0.717) is 19.0 Å². The summed E-state index contributed by atoms with van der Waals surface area (Å²) in [4.78, 5) is 26.8. The van der Waals surface area contributed by atoms with Crippen molar-refractivity contribution in [2.24, 2.45) is 13.0 Å². The van der Waals surface area contributed by atoms with Gasteiger partial charge in [-0.25, -0.2) is 0 Å². The molecular formula is C20H30N6O3. The maximum atomic E-state index is 12.4. The minimum absolute atomic E-state index is 0.0475. The molecule has 9 heteroatoms. The maximum absolute atomic E-state index is 12.4. The lowest BCUT2D eigenvalue weighted by molar-refractivity contribution is -0.117. The van der Waals surface area contributed by atoms with Crippen molar-refractivity contribution in [1.29, 1.82) is 0 Å². The molecule has 1 saturated heterocycles. The number of aryl methyl sites for hydroxylation is 2. The van der Waals surface area contributed by atoms with Crippen molar-refractivity contribution in [3.8, 4) is 0 Å². The van der Waals surface area contributed by atoms with E-state index in [9.17, 15) is 9.59 Å². The first-order valence-electron chi connectivity index (χ1n) is 10.1. The fourth-order valence-corrected chi connectivity index (χ4v) is 3.57. The fourth-order valence-electron chi connectivity index (χ4n) is 3.57. The Morgan fingerprint density at radius 2 is 2.17 bits per heavy atom. The van der Waals surface area contributed by atoms with Gasteiger partial charge in [-0.15, -0.1) is 0 Å². The Kier molecular flexibility index (Phi) is 6.68. The van der Waals surface area contributed by atoms with E-state index >= 15 is 0 Å². The summed E-state index contributed by atoms with van der Waals surface area (Å²) < 4.78 is 6.82. The molecule has 3 rings (SSSR count). The van der Waals surface area contributed by atoms with Crippen molar-refractivity contribution >= 4 is 17.5 Å². The Balaban J connectivity index is 1.45. The van der Waals surface area contributed by atoms with Gasteiger partial charge in [0.2, 0.25) is 11.7 Å². The van der Waals surface area contributed by atoms with Crippen molar-refractivity contribution in [3.63, 3.8) is 0 Å². The molecule has 0 aromatic carbocycles. The van der Waals surface area contributed by atoms with E-state index in [2.05, 4.69) is 25.8 Å². The van der Waals surface area contributed by atoms with Gasteiger partial charge in [0.1, 0.15) is 0 Å². The van der Waals surface area contributed by atoms with Gasteiger partial charge >= 0.3 is 0 Å². The number of nitrogens with zero attached hydrogens (tertiary/aromatic N) is 4. The number of hydrogen-bond acceptors (Lipinski definition) is 6. The molecule has 29 heavy (non-hydrogen) atoms. The summed E-state index contributed by atoms with van der Waals surface area (Å²) >= 11 is 0. The number of carbonyl (C=O) groups excluding carboxylic acids is 2. The Morgan fingerprint density at radius 3 is 2.83 bits per heavy atom. The second-order valence-electron chi connectivity index (χ2n) is 8.07. The van der Waals surface area contributed by atoms with Crippen LogP contribution in [0, 0.1) is 12.8 Å². The third-order valence-corrected chi connectivity index (χ3v) is 5.15. The predicted molar refractivity (Wildman–Crippen MR) is 109 cm³/mol. The van der Waals surface area contributed by atoms with Crippen LogP contribution in [0.5, 0.6) is 0 Å². The molecule has 0 bridgehead atoms. The molecule has 1 fully saturated rings. The summed E-state index contributed by atoms with van der Waals surface area (Å²) in [6.07, 6.45) is 3.82. The molecule has 0 spiro atoms. The summed E-state index contributed by atoms with van der Waals surface area (Å²) in [7, 11) is 1.83. The topological polar surface area (TPSA) is 105 Å². The molecule has 1 unspecified atom stereocenters. The van der Waals surface area contributed by atoms with E-state index in [1.54, 1.807) is 16.9 Å². The summed E-state index contributed by atoms with van der Waals surface area (Å²) in [6.45, 7) is 8.41. The van der Waals surface area contributed by atoms with Gasteiger partial charge in [0, 0.05) is 32.4 Å². The smallest absolute Gasteiger partial charge is 0.289 e. The van der Waals surface area contributed by atoms with Gasteiger partial charge in [-0.1, -0.05) is 19.0 Å². The molecule has 1 atom stereocenters. The second kappa shape index (κ2) is 9.21. The van der Waals surface area contributed by atoms with Gasteiger partial charge in [0.25, 0.3) is 5.91 Å². The molecule has 2 N–H and O–H groups in total. The lowest BCUT2D eigenvalue weighted by atomic mass is 9.98. The van der Waals surface area contributed by atoms with Crippen molar-refractivity contribution in [2.45, 2.75) is 39.5 Å². The maximum Gasteiger partial charge on any atom is 0.289 e. The van der Waals surface area contributed by atoms with Crippen LogP contribution in [0.25, 0.3) is 0 Å². The zero-order chi connectivity index (χ0) is 21.0. The molecule has 9 nitrogen and oxygen atoms in total. The molecule has 158 valence electrons. The molecule has 2 aromatic rings. The minimum Gasteiger partial charge on any atom is -0.351 e. The highest BCUT2D eigenvalue weighted by Gasteiger charge is 2.23. The van der Waals surface area contributed by atoms with E-state index < -0.39 is 0 Å². The molecular weight excluding hydrogens is 372 g/mol. The summed E-state index contributed by atoms with van der Waals surface area (Å²) in [5.74, 6) is 0.467. The van der Waals surface area contributed by atoms with Gasteiger partial charge in [-0.3, -0.25) is 19.2 Å². The minimum atomic E-state index is -0.244. The zero-order valence-corrected chi connectivity index (χ0v) is 17.6. The highest BCUT2D eigenvalue weighted by Crippen LogP contribution is 2.18. The van der Waals surface area contributed by atoms with Crippen LogP contribution in [0.2, 0.25) is 0 Å². The van der Waals surface area contributed by atoms with Gasteiger partial charge in [-0.05, 0) is 38.1 Å². The second-order valence-corrected chi connectivity index (χ2v) is 8.07. The van der Waals surface area contributed by atoms with Gasteiger partial charge in [0.15, 0.2) is 0 Å². The molecule has 0 saturated carbocycles. The number of likely N-dealkylation sites (tertiary alicyclic amines) is 1. The van der Waals surface area contributed by atoms with Crippen molar-refractivity contribution < 1.29 is 14.1 Å². The van der Waals surface area contributed by atoms with E-state index in [1.165, 1.54) is 0 Å². The number of piperidine rings is 1. The van der Waals surface area contributed by atoms with Crippen LogP contribution in [-0.4, -0.2) is 57.8 Å². The van der Waals surface area contributed by atoms with Crippen molar-refractivity contribution in [3.05, 3.63) is 29.4 Å². The number of amides is 2. The van der Waals surface area contributed by atoms with Gasteiger partial charge in [-0.2, -0.15) is 5.10 Å². The Morgan fingerprint density at radius 1 is 1.38 bits per heavy atom. The number of hydrogen-bond donors (Lipinski definition) is 2. The number of aromatic nitrogens is 3. The van der Waals surface area contributed by atoms with Crippen molar-refractivity contribution in [2.75, 3.05) is 31.5 Å². The summed E-state index contributed by atoms with van der Waals surface area (Å²) in [6, 6.07) is 1.69. The third-order valence-electron chi connectivity index (χ3n) is 5.15. The average Bonchev–Trinajstić information content (AvgIpc) is 3.27. The van der Waals surface area contributed by atoms with Crippen LogP contribution in [0.4, 0.5) is 5.69 Å². The summed E-state index contributed by atoms with van der Waals surface area (Å²) in [5, 5.41) is 14.0. The fraction of sp³-hybridized carbons (Fsp3) is 0.600. The molecule has 1 aliphatic rings. The standard InChI is InChI=1S/C20H30N6O3/c1-13(2)16-8-18(29-24-16)20(28)21-9-15-6-5-7-26(10-15)12-19(27)22-17-11-25(4)23-14(17)3/h8,11,13,15H,5-7,9-10,12H2,1-4H3,(H,21,28)(H,22,27). The highest BCUT2D eigenvalue weighted by molar-refractivity contribution is 5.92. The molecule has 2 aromatic heterocycles. The number of nitrogens with one attached hydrogen (secondary N) is 2. The quantitative estimate of drug-likeness (QED) is 0.733. The molecule has 0 aliphatic carbocycles. The average molecular weight is 402 g/mol. The first-order valence-corrected chi connectivity index (χ1v) is 10.1. The largest absolute Gasteiger partial charge is 0.351 e. The summed E-state index contributed by atoms with van der Waals surface area (Å²) in [5.41, 5.74) is 2.31. The van der Waals surface area contributed by atoms with Crippen LogP contribution in [0.15, 0.2) is 16.8 Å². The van der Waals surface area contributed by atoms with E-state index in [0.717, 1.165) is 43.0 Å². The zero-order valence-electron chi connectivity index (χ0n) is 17.6. The van der Waals surface area contributed by atoms with Crippen molar-refractivity contribution in [1.82, 2.24) is 25.2 Å². The van der Waals surface area contributed by atoms with Gasteiger partial charge < -0.3 is 15.2 Å². The van der Waals surface area contributed by atoms with Crippen LogP contribution in [-0.2, 0) is 11.8 Å². The van der Waals surface area contributed by atoms with Crippen LogP contribution >= 0.6 is 0 Å². The van der Waals surface area contributed by atoms with E-state index in [4.69, 9.17) is 4.52 Å². The monoisotopic (exact) mass is 402 g/mol. The number of carbonyl (C=O) groups is 2. The Bertz CT molecular complexity index is 856.